The molecule has 4 aliphatic rings. The van der Waals surface area contributed by atoms with Crippen molar-refractivity contribution in [3.8, 4) is 0 Å². The van der Waals surface area contributed by atoms with Gasteiger partial charge in [0.15, 0.2) is 0 Å². The molecule has 0 heterocycles. The molecule has 4 heteroatoms. The predicted octanol–water partition coefficient (Wildman–Crippen LogP) is 5.13. The van der Waals surface area contributed by atoms with E-state index in [0.29, 0.717) is 35.2 Å². The van der Waals surface area contributed by atoms with Crippen molar-refractivity contribution in [1.29, 1.82) is 0 Å². The first-order chi connectivity index (χ1) is 13.7. The van der Waals surface area contributed by atoms with E-state index >= 15 is 0 Å². The van der Waals surface area contributed by atoms with E-state index in [1.165, 1.54) is 38.5 Å². The fraction of sp³-hybridized carbons (Fsp3) is 0.960. The van der Waals surface area contributed by atoms with Crippen LogP contribution in [0.4, 0.5) is 0 Å². The van der Waals surface area contributed by atoms with Crippen molar-refractivity contribution in [2.45, 2.75) is 97.2 Å². The van der Waals surface area contributed by atoms with Crippen LogP contribution in [0.2, 0.25) is 0 Å². The second-order valence-corrected chi connectivity index (χ2v) is 11.5. The smallest absolute Gasteiger partial charge is 0.303 e. The number of aliphatic hydroxyl groups is 1. The van der Waals surface area contributed by atoms with Crippen molar-refractivity contribution in [1.82, 2.24) is 0 Å². The third kappa shape index (κ3) is 3.37. The van der Waals surface area contributed by atoms with E-state index in [2.05, 4.69) is 20.8 Å². The first-order valence-corrected chi connectivity index (χ1v) is 12.1. The highest BCUT2D eigenvalue weighted by Crippen LogP contribution is 2.68. The number of hydrogen-bond donors (Lipinski definition) is 2. The molecule has 29 heavy (non-hydrogen) atoms. The lowest BCUT2D eigenvalue weighted by atomic mass is 9.43. The minimum absolute atomic E-state index is 0.0357. The molecule has 0 unspecified atom stereocenters. The highest BCUT2D eigenvalue weighted by molar-refractivity contribution is 5.66. The largest absolute Gasteiger partial charge is 0.481 e. The molecular formula is C25H42O4. The molecule has 0 aromatic carbocycles. The van der Waals surface area contributed by atoms with Gasteiger partial charge in [-0.1, -0.05) is 20.8 Å². The lowest BCUT2D eigenvalue weighted by molar-refractivity contribution is -0.176. The van der Waals surface area contributed by atoms with E-state index in [1.807, 2.05) is 7.11 Å². The van der Waals surface area contributed by atoms with Crippen LogP contribution in [-0.2, 0) is 9.53 Å². The average molecular weight is 407 g/mol. The second-order valence-electron chi connectivity index (χ2n) is 11.5. The van der Waals surface area contributed by atoms with E-state index in [9.17, 15) is 9.90 Å². The van der Waals surface area contributed by atoms with E-state index in [-0.39, 0.29) is 17.9 Å². The zero-order valence-electron chi connectivity index (χ0n) is 18.9. The van der Waals surface area contributed by atoms with Gasteiger partial charge in [-0.3, -0.25) is 4.79 Å². The van der Waals surface area contributed by atoms with Crippen LogP contribution in [0.3, 0.4) is 0 Å². The van der Waals surface area contributed by atoms with Gasteiger partial charge in [0.25, 0.3) is 0 Å². The van der Waals surface area contributed by atoms with Gasteiger partial charge in [-0.15, -0.1) is 0 Å². The lowest BCUT2D eigenvalue weighted by Gasteiger charge is -2.62. The molecule has 4 rings (SSSR count). The SMILES string of the molecule is CO[C@H]1CC[C@@]2(C)[C@H](CC[C@@H]3[C@@H]2C[C@H](O)[C@]2(C)[C@@H]([C@H](C)CCC(=O)O)CC[C@@H]32)C1. The van der Waals surface area contributed by atoms with Crippen LogP contribution in [0.25, 0.3) is 0 Å². The molecule has 0 bridgehead atoms. The van der Waals surface area contributed by atoms with Gasteiger partial charge in [0.1, 0.15) is 0 Å². The van der Waals surface area contributed by atoms with Crippen molar-refractivity contribution in [2.75, 3.05) is 7.11 Å². The number of aliphatic carboxylic acids is 1. The summed E-state index contributed by atoms with van der Waals surface area (Å²) >= 11 is 0. The van der Waals surface area contributed by atoms with Crippen molar-refractivity contribution in [2.24, 2.45) is 46.3 Å². The number of carbonyl (C=O) groups is 1. The predicted molar refractivity (Wildman–Crippen MR) is 113 cm³/mol. The van der Waals surface area contributed by atoms with Gasteiger partial charge in [-0.25, -0.2) is 0 Å². The number of methoxy groups -OCH3 is 1. The Morgan fingerprint density at radius 1 is 1.10 bits per heavy atom. The minimum atomic E-state index is -0.696. The van der Waals surface area contributed by atoms with Gasteiger partial charge in [-0.05, 0) is 104 Å². The lowest BCUT2D eigenvalue weighted by Crippen LogP contribution is -2.58. The highest BCUT2D eigenvalue weighted by atomic mass is 16.5. The summed E-state index contributed by atoms with van der Waals surface area (Å²) in [6.07, 6.45) is 10.7. The van der Waals surface area contributed by atoms with Crippen molar-refractivity contribution < 1.29 is 19.7 Å². The summed E-state index contributed by atoms with van der Waals surface area (Å²) in [7, 11) is 1.86. The van der Waals surface area contributed by atoms with Crippen LogP contribution in [0.5, 0.6) is 0 Å². The molecule has 0 amide bonds. The van der Waals surface area contributed by atoms with E-state index in [1.54, 1.807) is 0 Å². The number of aliphatic hydroxyl groups excluding tert-OH is 1. The number of ether oxygens (including phenoxy) is 1. The van der Waals surface area contributed by atoms with Crippen LogP contribution in [0, 0.1) is 46.3 Å². The van der Waals surface area contributed by atoms with Crippen molar-refractivity contribution in [3.63, 3.8) is 0 Å². The quantitative estimate of drug-likeness (QED) is 0.664. The third-order valence-corrected chi connectivity index (χ3v) is 10.6. The van der Waals surface area contributed by atoms with Gasteiger partial charge in [0.2, 0.25) is 0 Å². The average Bonchev–Trinajstić information content (AvgIpc) is 3.05. The number of rotatable bonds is 5. The maximum atomic E-state index is 11.5. The van der Waals surface area contributed by atoms with Crippen LogP contribution >= 0.6 is 0 Å². The standard InChI is InChI=1S/C25H42O4/c1-15(5-10-23(27)28)19-8-9-20-18-7-6-16-13-17(29-4)11-12-24(16,2)21(18)14-22(26)25(19,20)3/h15-22,26H,5-14H2,1-4H3,(H,27,28)/t15-,16-,17+,18+,19-,20+,21+,22+,24+,25-/m1/s1. The molecule has 4 aliphatic carbocycles. The van der Waals surface area contributed by atoms with E-state index in [0.717, 1.165) is 31.1 Å². The molecule has 4 nitrogen and oxygen atoms in total. The Labute approximate surface area is 176 Å². The van der Waals surface area contributed by atoms with Crippen molar-refractivity contribution in [3.05, 3.63) is 0 Å². The van der Waals surface area contributed by atoms with Crippen molar-refractivity contribution >= 4 is 5.97 Å². The molecular weight excluding hydrogens is 364 g/mol. The number of carboxylic acids is 1. The zero-order chi connectivity index (χ0) is 21.0. The second kappa shape index (κ2) is 7.82. The molecule has 0 spiro atoms. The van der Waals surface area contributed by atoms with E-state index < -0.39 is 5.97 Å². The highest BCUT2D eigenvalue weighted by Gasteiger charge is 2.63. The molecule has 4 saturated carbocycles. The van der Waals surface area contributed by atoms with Gasteiger partial charge < -0.3 is 14.9 Å². The maximum absolute atomic E-state index is 11.5. The normalized spacial score (nSPS) is 50.3. The summed E-state index contributed by atoms with van der Waals surface area (Å²) in [5.74, 6) is 2.85. The Morgan fingerprint density at radius 3 is 2.55 bits per heavy atom. The van der Waals surface area contributed by atoms with Crippen LogP contribution < -0.4 is 0 Å². The number of carboxylic acid groups (broad SMARTS) is 1. The van der Waals surface area contributed by atoms with Gasteiger partial charge in [0, 0.05) is 13.5 Å². The molecule has 0 saturated heterocycles. The number of fused-ring (bicyclic) bond motifs is 5. The summed E-state index contributed by atoms with van der Waals surface area (Å²) in [5, 5.41) is 20.7. The van der Waals surface area contributed by atoms with Gasteiger partial charge >= 0.3 is 5.97 Å². The third-order valence-electron chi connectivity index (χ3n) is 10.6. The fourth-order valence-electron chi connectivity index (χ4n) is 8.91. The summed E-state index contributed by atoms with van der Waals surface area (Å²) in [4.78, 5) is 11.1. The Hall–Kier alpha value is -0.610. The van der Waals surface area contributed by atoms with Gasteiger partial charge in [0.05, 0.1) is 12.2 Å². The zero-order valence-corrected chi connectivity index (χ0v) is 18.9. The summed E-state index contributed by atoms with van der Waals surface area (Å²) in [6.45, 7) is 7.10. The molecule has 0 aromatic rings. The fourth-order valence-corrected chi connectivity index (χ4v) is 8.91. The van der Waals surface area contributed by atoms with Crippen LogP contribution in [0.15, 0.2) is 0 Å². The Morgan fingerprint density at radius 2 is 1.86 bits per heavy atom. The summed E-state index contributed by atoms with van der Waals surface area (Å²) in [6, 6.07) is 0. The van der Waals surface area contributed by atoms with Crippen LogP contribution in [-0.4, -0.2) is 35.5 Å². The van der Waals surface area contributed by atoms with Gasteiger partial charge in [-0.2, -0.15) is 0 Å². The molecule has 166 valence electrons. The monoisotopic (exact) mass is 406 g/mol. The Balaban J connectivity index is 1.55. The molecule has 0 aliphatic heterocycles. The molecule has 0 aromatic heterocycles. The molecule has 4 fully saturated rings. The summed E-state index contributed by atoms with van der Waals surface area (Å²) in [5.41, 5.74) is 0.319. The number of hydrogen-bond acceptors (Lipinski definition) is 3. The molecule has 2 N–H and O–H groups in total. The molecule has 0 radical (unpaired) electrons. The topological polar surface area (TPSA) is 66.8 Å². The first-order valence-electron chi connectivity index (χ1n) is 12.1. The Kier molecular flexibility index (Phi) is 5.83. The summed E-state index contributed by atoms with van der Waals surface area (Å²) < 4.78 is 5.72. The first kappa shape index (κ1) is 21.6. The Bertz CT molecular complexity index is 620. The van der Waals surface area contributed by atoms with Crippen LogP contribution in [0.1, 0.15) is 85.0 Å². The molecule has 10 atom stereocenters. The minimum Gasteiger partial charge on any atom is -0.481 e. The maximum Gasteiger partial charge on any atom is 0.303 e. The van der Waals surface area contributed by atoms with E-state index in [4.69, 9.17) is 9.84 Å².